The third-order valence-electron chi connectivity index (χ3n) is 16.3. The van der Waals surface area contributed by atoms with Crippen molar-refractivity contribution < 1.29 is 99.3 Å². The largest absolute Gasteiger partial charge is 0.496 e. The molecule has 0 aliphatic carbocycles. The molecule has 93 heavy (non-hydrogen) atoms. The molecule has 3 aromatic rings. The van der Waals surface area contributed by atoms with Crippen LogP contribution in [0.4, 0.5) is 17.6 Å². The molecule has 1 fully saturated rings. The molecule has 512 valence electrons. The Bertz CT molecular complexity index is 3280. The lowest BCUT2D eigenvalue weighted by atomic mass is 9.88. The number of carbonyl (C=O) groups excluding carboxylic acids is 11. The molecule has 1 aromatic heterocycles. The van der Waals surface area contributed by atoms with Crippen molar-refractivity contribution in [2.24, 2.45) is 23.5 Å². The van der Waals surface area contributed by atoms with E-state index in [-0.39, 0.29) is 77.3 Å². The molecule has 10 amide bonds. The number of aliphatic hydroxyl groups excluding tert-OH is 3. The van der Waals surface area contributed by atoms with Gasteiger partial charge in [0.15, 0.2) is 11.6 Å². The Morgan fingerprint density at radius 3 is 2.24 bits per heavy atom. The summed E-state index contributed by atoms with van der Waals surface area (Å²) in [6.07, 6.45) is -3.83. The number of esters is 1. The fourth-order valence-corrected chi connectivity index (χ4v) is 13.3. The average Bonchev–Trinajstić information content (AvgIpc) is 1.63. The Hall–Kier alpha value is -7.95. The van der Waals surface area contributed by atoms with Crippen LogP contribution in [0.15, 0.2) is 23.2 Å². The van der Waals surface area contributed by atoms with Gasteiger partial charge >= 0.3 is 5.97 Å². The van der Waals surface area contributed by atoms with Gasteiger partial charge in [0.25, 0.3) is 0 Å². The normalized spacial score (nSPS) is 23.4. The third kappa shape index (κ3) is 19.8. The van der Waals surface area contributed by atoms with E-state index in [4.69, 9.17) is 10.5 Å². The van der Waals surface area contributed by atoms with Crippen LogP contribution in [0.2, 0.25) is 0 Å². The van der Waals surface area contributed by atoms with Gasteiger partial charge in [-0.1, -0.05) is 27.2 Å². The Kier molecular flexibility index (Phi) is 27.7. The highest BCUT2D eigenvalue weighted by Crippen LogP contribution is 2.39. The zero-order valence-electron chi connectivity index (χ0n) is 51.6. The Balaban J connectivity index is 1.37. The van der Waals surface area contributed by atoms with Gasteiger partial charge in [0.05, 0.1) is 67.0 Å². The van der Waals surface area contributed by atoms with Crippen LogP contribution >= 0.6 is 11.8 Å². The zero-order chi connectivity index (χ0) is 68.4. The number of carbonyl (C=O) groups is 11. The van der Waals surface area contributed by atoms with Gasteiger partial charge in [-0.25, -0.2) is 8.78 Å². The van der Waals surface area contributed by atoms with E-state index in [2.05, 4.69) is 52.3 Å². The number of hydrogen-bond donors (Lipinski definition) is 13. The summed E-state index contributed by atoms with van der Waals surface area (Å²) in [5, 5.41) is 52.6. The smallest absolute Gasteiger partial charge is 0.311 e. The van der Waals surface area contributed by atoms with Crippen LogP contribution in [0.1, 0.15) is 102 Å². The number of amides is 10. The van der Waals surface area contributed by atoms with Crippen LogP contribution in [0.3, 0.4) is 0 Å². The van der Waals surface area contributed by atoms with E-state index in [1.54, 1.807) is 13.0 Å². The van der Waals surface area contributed by atoms with E-state index in [1.165, 1.54) is 31.9 Å². The number of H-pyrrole nitrogens is 1. The van der Waals surface area contributed by atoms with Gasteiger partial charge in [-0.05, 0) is 55.9 Å². The number of nitrogens with zero attached hydrogens (tertiary/aromatic N) is 1. The zero-order valence-corrected chi connectivity index (χ0v) is 53.2. The van der Waals surface area contributed by atoms with Crippen LogP contribution in [0.25, 0.3) is 10.9 Å². The number of aromatic nitrogens is 1. The monoisotopic (exact) mass is 1350 g/mol. The lowest BCUT2D eigenvalue weighted by Crippen LogP contribution is -2.60. The van der Waals surface area contributed by atoms with Crippen molar-refractivity contribution in [1.29, 1.82) is 0 Å². The summed E-state index contributed by atoms with van der Waals surface area (Å²) >= 11 is 1.38. The fraction of sp³-hybridized carbons (Fsp3) is 0.576. The number of aromatic amines is 1. The second-order valence-corrected chi connectivity index (χ2v) is 25.4. The number of methoxy groups -OCH3 is 1. The molecule has 4 heterocycles. The minimum Gasteiger partial charge on any atom is -0.496 e. The molecule has 34 heteroatoms. The molecule has 11 atom stereocenters. The molecule has 6 rings (SSSR count). The lowest BCUT2D eigenvalue weighted by molar-refractivity contribution is -0.143. The van der Waals surface area contributed by atoms with Crippen LogP contribution in [0, 0.1) is 41.0 Å². The number of fused-ring (bicyclic) bond motifs is 4. The number of nitrogens with two attached hydrogens (primary N) is 1. The lowest BCUT2D eigenvalue weighted by Gasteiger charge is -2.32. The van der Waals surface area contributed by atoms with E-state index < -0.39 is 223 Å². The van der Waals surface area contributed by atoms with E-state index in [9.17, 15) is 80.8 Å². The van der Waals surface area contributed by atoms with Crippen LogP contribution in [-0.4, -0.2) is 195 Å². The number of nitrogens with one attached hydrogen (secondary N) is 9. The first-order valence-corrected chi connectivity index (χ1v) is 32.7. The van der Waals surface area contributed by atoms with Crippen molar-refractivity contribution >= 4 is 98.5 Å². The summed E-state index contributed by atoms with van der Waals surface area (Å²) in [5.74, 6) is -23.0. The number of rotatable bonds is 21. The number of primary amides is 1. The van der Waals surface area contributed by atoms with Crippen molar-refractivity contribution in [3.05, 3.63) is 52.6 Å². The first kappa shape index (κ1) is 74.1. The summed E-state index contributed by atoms with van der Waals surface area (Å²) in [6, 6.07) is -3.91. The molecule has 14 N–H and O–H groups in total. The highest BCUT2D eigenvalue weighted by Gasteiger charge is 2.45. The van der Waals surface area contributed by atoms with Gasteiger partial charge < -0.3 is 82.9 Å². The molecule has 0 spiro atoms. The minimum atomic E-state index is -2.56. The first-order valence-electron chi connectivity index (χ1n) is 30.2. The Morgan fingerprint density at radius 2 is 1.56 bits per heavy atom. The summed E-state index contributed by atoms with van der Waals surface area (Å²) in [5.41, 5.74) is 6.09. The highest BCUT2D eigenvalue weighted by atomic mass is 32.2. The van der Waals surface area contributed by atoms with E-state index in [0.29, 0.717) is 30.6 Å². The number of halogens is 4. The van der Waals surface area contributed by atoms with Crippen LogP contribution in [0.5, 0.6) is 11.5 Å². The summed E-state index contributed by atoms with van der Waals surface area (Å²) in [4.78, 5) is 156. The SMILES string of the molecule is CC[C@H](C)[C@@H]1CCNC(=O)CNC(=O)[C@@H]2CNC(=O)[C@H]([C@@H](C)[C@@H](O)CO)NC(=O)C3C[C@@H](O)CN3C(=O)[C@H](CCC(N)=O)NC(=O)[C@@H](CS(=O)c3[nH]c4c(CSCCCCNC(=O)CCCC(=O)Oc5c(F)c(F)cc(F)c5F)c(OC)ccc4c32)NC(=O)CNC1=O. The topological polar surface area (TPSA) is 425 Å². The Morgan fingerprint density at radius 1 is 0.860 bits per heavy atom. The van der Waals surface area contributed by atoms with Gasteiger partial charge in [0.1, 0.15) is 34.9 Å². The van der Waals surface area contributed by atoms with Gasteiger partial charge in [-0.2, -0.15) is 20.5 Å². The summed E-state index contributed by atoms with van der Waals surface area (Å²) in [6.45, 7) is 1.52. The van der Waals surface area contributed by atoms with E-state index in [1.807, 2.05) is 6.92 Å². The minimum absolute atomic E-state index is 0.0454. The molecule has 1 saturated heterocycles. The average molecular weight is 1350 g/mol. The predicted octanol–water partition coefficient (Wildman–Crippen LogP) is -0.955. The van der Waals surface area contributed by atoms with Gasteiger partial charge in [-0.15, -0.1) is 0 Å². The number of ether oxygens (including phenoxy) is 2. The van der Waals surface area contributed by atoms with Crippen molar-refractivity contribution in [3.8, 4) is 11.5 Å². The molecule has 28 nitrogen and oxygen atoms in total. The third-order valence-corrected chi connectivity index (χ3v) is 18.8. The fourth-order valence-electron chi connectivity index (χ4n) is 10.9. The molecular weight excluding hydrogens is 1270 g/mol. The number of aliphatic hydroxyl groups is 3. The highest BCUT2D eigenvalue weighted by molar-refractivity contribution is 7.98. The Labute approximate surface area is 538 Å². The second kappa shape index (κ2) is 34.8. The van der Waals surface area contributed by atoms with Crippen LogP contribution < -0.4 is 57.7 Å². The van der Waals surface area contributed by atoms with Crippen molar-refractivity contribution in [2.45, 2.75) is 138 Å². The molecule has 2 bridgehead atoms. The van der Waals surface area contributed by atoms with Gasteiger partial charge in [0, 0.05) is 92.0 Å². The quantitative estimate of drug-likeness (QED) is 0.0201. The predicted molar refractivity (Wildman–Crippen MR) is 325 cm³/mol. The first-order chi connectivity index (χ1) is 44.2. The summed E-state index contributed by atoms with van der Waals surface area (Å²) in [7, 11) is -1.19. The molecule has 2 unspecified atom stereocenters. The molecule has 0 radical (unpaired) electrons. The molecule has 3 aliphatic heterocycles. The number of hydrogen-bond acceptors (Lipinski definition) is 18. The maximum atomic E-state index is 15.5. The summed E-state index contributed by atoms with van der Waals surface area (Å²) < 4.78 is 80.9. The number of thioether (sulfide) groups is 1. The van der Waals surface area contributed by atoms with E-state index in [0.717, 1.165) is 4.90 Å². The molecule has 3 aliphatic rings. The molecular formula is C59H79F4N11O17S2. The molecule has 2 aromatic carbocycles. The van der Waals surface area contributed by atoms with Crippen LogP contribution in [-0.2, 0) is 69.3 Å². The number of unbranched alkanes of at least 4 members (excludes halogenated alkanes) is 1. The van der Waals surface area contributed by atoms with E-state index >= 15 is 9.00 Å². The van der Waals surface area contributed by atoms with Crippen molar-refractivity contribution in [2.75, 3.05) is 64.5 Å². The maximum Gasteiger partial charge on any atom is 0.311 e. The molecule has 0 saturated carbocycles. The standard InChI is InChI=1S/C59H79F4N11O17S2/c1-5-28(2)31-15-17-66-44(80)22-68-54(84)33-21-67-57(87)50(29(3)40(77)25-75)72-56(86)39-19-30(76)24-74(39)59(88)37(12-14-42(64)78)71-55(85)38(70-45(81)23-69-53(31)83)27-93(89)58-47(33)32-11-13-41(90-4)34(51(32)73-58)26-92-18-7-6-16-65-43(79)9-8-10-46(82)91-52-48(62)35(60)20-36(61)49(52)63/h11,13,20,28-31,33,37-40,50,73,75-77H,5-10,12,14-19,21-27H2,1-4H3,(H2,64,78)(H,65,79)(H,66,80)(H,67,87)(H,68,84)(H,69,83)(H,70,81)(H,71,85)(H,72,86)/t28-,29-,30+,31-,33+,37-,38+,39?,40-,50-,93?/m0/s1. The maximum absolute atomic E-state index is 15.5. The van der Waals surface area contributed by atoms with Gasteiger partial charge in [0.2, 0.25) is 76.5 Å². The van der Waals surface area contributed by atoms with Gasteiger partial charge in [-0.3, -0.25) is 56.9 Å². The number of benzene rings is 2. The van der Waals surface area contributed by atoms with Crippen molar-refractivity contribution in [1.82, 2.24) is 52.4 Å². The van der Waals surface area contributed by atoms with Crippen molar-refractivity contribution in [3.63, 3.8) is 0 Å². The second-order valence-electron chi connectivity index (χ2n) is 22.8.